The number of nitrogens with zero attached hydrogens (tertiary/aromatic N) is 1. The Balaban J connectivity index is 2.82. The van der Waals surface area contributed by atoms with E-state index in [0.29, 0.717) is 0 Å². The molecule has 0 aromatic heterocycles. The standard InChI is InChI=1S/C12H18BrNO/c1-10-4-5-12(11(8-10)9-13)14(2)6-7-15-3/h4-5,8H,6-7,9H2,1-3H3. The molecule has 0 aliphatic carbocycles. The van der Waals surface area contributed by atoms with Crippen LogP contribution in [0.15, 0.2) is 18.2 Å². The third-order valence-corrected chi connectivity index (χ3v) is 3.03. The predicted molar refractivity (Wildman–Crippen MR) is 69.0 cm³/mol. The molecule has 0 amide bonds. The molecule has 0 spiro atoms. The van der Waals surface area contributed by atoms with Crippen molar-refractivity contribution in [1.29, 1.82) is 0 Å². The van der Waals surface area contributed by atoms with Crippen LogP contribution >= 0.6 is 15.9 Å². The molecule has 0 aliphatic heterocycles. The molecule has 1 rings (SSSR count). The Labute approximate surface area is 100 Å². The van der Waals surface area contributed by atoms with Gasteiger partial charge >= 0.3 is 0 Å². The summed E-state index contributed by atoms with van der Waals surface area (Å²) in [6, 6.07) is 6.53. The van der Waals surface area contributed by atoms with Crippen LogP contribution in [-0.2, 0) is 10.1 Å². The number of alkyl halides is 1. The van der Waals surface area contributed by atoms with Crippen molar-refractivity contribution in [2.24, 2.45) is 0 Å². The minimum absolute atomic E-state index is 0.756. The minimum Gasteiger partial charge on any atom is -0.383 e. The second-order valence-electron chi connectivity index (χ2n) is 3.68. The van der Waals surface area contributed by atoms with Crippen LogP contribution in [0.5, 0.6) is 0 Å². The maximum atomic E-state index is 5.08. The molecule has 0 atom stereocenters. The summed E-state index contributed by atoms with van der Waals surface area (Å²) in [5, 5.41) is 0.890. The van der Waals surface area contributed by atoms with Gasteiger partial charge < -0.3 is 9.64 Å². The van der Waals surface area contributed by atoms with E-state index in [-0.39, 0.29) is 0 Å². The van der Waals surface area contributed by atoms with Crippen molar-refractivity contribution >= 4 is 21.6 Å². The van der Waals surface area contributed by atoms with Gasteiger partial charge in [-0.25, -0.2) is 0 Å². The fraction of sp³-hybridized carbons (Fsp3) is 0.500. The highest BCUT2D eigenvalue weighted by Gasteiger charge is 2.06. The van der Waals surface area contributed by atoms with Crippen molar-refractivity contribution in [2.75, 3.05) is 32.2 Å². The smallest absolute Gasteiger partial charge is 0.0637 e. The second-order valence-corrected chi connectivity index (χ2v) is 4.24. The Kier molecular flexibility index (Phi) is 5.12. The number of hydrogen-bond donors (Lipinski definition) is 0. The van der Waals surface area contributed by atoms with E-state index in [2.05, 4.69) is 53.0 Å². The number of halogens is 1. The number of anilines is 1. The maximum absolute atomic E-state index is 5.08. The van der Waals surface area contributed by atoms with Crippen LogP contribution in [0.25, 0.3) is 0 Å². The Morgan fingerprint density at radius 2 is 2.13 bits per heavy atom. The number of likely N-dealkylation sites (N-methyl/N-ethyl adjacent to an activating group) is 1. The van der Waals surface area contributed by atoms with Gasteiger partial charge in [0.1, 0.15) is 0 Å². The molecule has 15 heavy (non-hydrogen) atoms. The molecule has 0 N–H and O–H groups in total. The highest BCUT2D eigenvalue weighted by molar-refractivity contribution is 9.08. The average molecular weight is 272 g/mol. The van der Waals surface area contributed by atoms with Gasteiger partial charge in [0.05, 0.1) is 6.61 Å². The van der Waals surface area contributed by atoms with Crippen LogP contribution in [0.2, 0.25) is 0 Å². The van der Waals surface area contributed by atoms with Gasteiger partial charge in [0.25, 0.3) is 0 Å². The lowest BCUT2D eigenvalue weighted by Gasteiger charge is -2.21. The van der Waals surface area contributed by atoms with Gasteiger partial charge in [-0.1, -0.05) is 33.6 Å². The molecule has 0 heterocycles. The number of benzene rings is 1. The molecule has 2 nitrogen and oxygen atoms in total. The summed E-state index contributed by atoms with van der Waals surface area (Å²) >= 11 is 3.52. The third-order valence-electron chi connectivity index (χ3n) is 2.42. The van der Waals surface area contributed by atoms with Gasteiger partial charge in [-0.15, -0.1) is 0 Å². The monoisotopic (exact) mass is 271 g/mol. The molecule has 3 heteroatoms. The first-order valence-electron chi connectivity index (χ1n) is 5.04. The zero-order chi connectivity index (χ0) is 11.3. The summed E-state index contributed by atoms with van der Waals surface area (Å²) in [5.41, 5.74) is 3.90. The average Bonchev–Trinajstić information content (AvgIpc) is 2.25. The molecule has 84 valence electrons. The van der Waals surface area contributed by atoms with Crippen molar-refractivity contribution in [3.8, 4) is 0 Å². The van der Waals surface area contributed by atoms with E-state index >= 15 is 0 Å². The summed E-state index contributed by atoms with van der Waals surface area (Å²) in [6.45, 7) is 3.79. The zero-order valence-electron chi connectivity index (χ0n) is 9.59. The Morgan fingerprint density at radius 1 is 1.40 bits per heavy atom. The first-order chi connectivity index (χ1) is 7.19. The lowest BCUT2D eigenvalue weighted by atomic mass is 10.1. The van der Waals surface area contributed by atoms with Gasteiger partial charge in [0.15, 0.2) is 0 Å². The molecule has 1 aromatic carbocycles. The maximum Gasteiger partial charge on any atom is 0.0637 e. The first kappa shape index (κ1) is 12.5. The third kappa shape index (κ3) is 3.50. The van der Waals surface area contributed by atoms with E-state index in [1.54, 1.807) is 7.11 Å². The van der Waals surface area contributed by atoms with E-state index in [9.17, 15) is 0 Å². The molecule has 0 unspecified atom stereocenters. The first-order valence-corrected chi connectivity index (χ1v) is 6.16. The number of methoxy groups -OCH3 is 1. The van der Waals surface area contributed by atoms with E-state index in [1.165, 1.54) is 16.8 Å². The Bertz CT molecular complexity index is 314. The van der Waals surface area contributed by atoms with Crippen molar-refractivity contribution in [1.82, 2.24) is 0 Å². The lowest BCUT2D eigenvalue weighted by molar-refractivity contribution is 0.206. The summed E-state index contributed by atoms with van der Waals surface area (Å²) in [7, 11) is 3.82. The molecule has 0 fully saturated rings. The highest BCUT2D eigenvalue weighted by atomic mass is 79.9. The number of hydrogen-bond acceptors (Lipinski definition) is 2. The molecule has 1 aromatic rings. The zero-order valence-corrected chi connectivity index (χ0v) is 11.2. The van der Waals surface area contributed by atoms with Crippen molar-refractivity contribution in [3.05, 3.63) is 29.3 Å². The largest absolute Gasteiger partial charge is 0.383 e. The minimum atomic E-state index is 0.756. The van der Waals surface area contributed by atoms with Crippen molar-refractivity contribution < 1.29 is 4.74 Å². The summed E-state index contributed by atoms with van der Waals surface area (Å²) in [6.07, 6.45) is 0. The topological polar surface area (TPSA) is 12.5 Å². The van der Waals surface area contributed by atoms with Crippen LogP contribution in [-0.4, -0.2) is 27.3 Å². The Hall–Kier alpha value is -0.540. The SMILES string of the molecule is COCCN(C)c1ccc(C)cc1CBr. The molecular weight excluding hydrogens is 254 g/mol. The van der Waals surface area contributed by atoms with Gasteiger partial charge in [-0.05, 0) is 18.6 Å². The normalized spacial score (nSPS) is 10.4. The Morgan fingerprint density at radius 3 is 2.73 bits per heavy atom. The van der Waals surface area contributed by atoms with E-state index in [1.807, 2.05) is 0 Å². The predicted octanol–water partition coefficient (Wildman–Crippen LogP) is 2.97. The van der Waals surface area contributed by atoms with Gasteiger partial charge in [0, 0.05) is 31.7 Å². The van der Waals surface area contributed by atoms with Crippen LogP contribution in [0, 0.1) is 6.92 Å². The molecule has 0 bridgehead atoms. The van der Waals surface area contributed by atoms with Gasteiger partial charge in [-0.2, -0.15) is 0 Å². The van der Waals surface area contributed by atoms with Crippen LogP contribution in [0.3, 0.4) is 0 Å². The van der Waals surface area contributed by atoms with Crippen LogP contribution in [0.4, 0.5) is 5.69 Å². The quantitative estimate of drug-likeness (QED) is 0.764. The van der Waals surface area contributed by atoms with Gasteiger partial charge in [0.2, 0.25) is 0 Å². The van der Waals surface area contributed by atoms with Crippen LogP contribution < -0.4 is 4.90 Å². The fourth-order valence-corrected chi connectivity index (χ4v) is 1.99. The molecule has 0 radical (unpaired) electrons. The van der Waals surface area contributed by atoms with Crippen molar-refractivity contribution in [2.45, 2.75) is 12.3 Å². The van der Waals surface area contributed by atoms with Crippen molar-refractivity contribution in [3.63, 3.8) is 0 Å². The number of aryl methyl sites for hydroxylation is 1. The van der Waals surface area contributed by atoms with E-state index in [4.69, 9.17) is 4.74 Å². The van der Waals surface area contributed by atoms with E-state index < -0.39 is 0 Å². The molecule has 0 saturated carbocycles. The number of ether oxygens (including phenoxy) is 1. The highest BCUT2D eigenvalue weighted by Crippen LogP contribution is 2.23. The summed E-state index contributed by atoms with van der Waals surface area (Å²) in [4.78, 5) is 2.22. The second kappa shape index (κ2) is 6.13. The number of rotatable bonds is 5. The molecule has 0 saturated heterocycles. The summed E-state index contributed by atoms with van der Waals surface area (Å²) < 4.78 is 5.08. The molecular formula is C12H18BrNO. The fourth-order valence-electron chi connectivity index (χ4n) is 1.54. The summed E-state index contributed by atoms with van der Waals surface area (Å²) in [5.74, 6) is 0. The molecule has 0 aliphatic rings. The van der Waals surface area contributed by atoms with Gasteiger partial charge in [-0.3, -0.25) is 0 Å². The van der Waals surface area contributed by atoms with E-state index in [0.717, 1.165) is 18.5 Å². The van der Waals surface area contributed by atoms with Crippen LogP contribution in [0.1, 0.15) is 11.1 Å². The lowest BCUT2D eigenvalue weighted by Crippen LogP contribution is -2.23.